The number of carbonyl (C=O) groups excluding carboxylic acids is 1. The molecule has 2 aromatic heterocycles. The summed E-state index contributed by atoms with van der Waals surface area (Å²) in [6.07, 6.45) is 0.803. The van der Waals surface area contributed by atoms with Crippen LogP contribution in [0.4, 0.5) is 0 Å². The van der Waals surface area contributed by atoms with Crippen molar-refractivity contribution in [1.82, 2.24) is 15.1 Å². The van der Waals surface area contributed by atoms with Crippen LogP contribution in [0.15, 0.2) is 115 Å². The van der Waals surface area contributed by atoms with E-state index >= 15 is 0 Å². The number of thiophene rings is 1. The van der Waals surface area contributed by atoms with Gasteiger partial charge in [-0.3, -0.25) is 4.79 Å². The summed E-state index contributed by atoms with van der Waals surface area (Å²) in [5, 5.41) is 9.91. The van der Waals surface area contributed by atoms with Gasteiger partial charge in [-0.05, 0) is 47.2 Å². The van der Waals surface area contributed by atoms with E-state index < -0.39 is 0 Å². The van der Waals surface area contributed by atoms with Gasteiger partial charge in [0, 0.05) is 12.5 Å². The molecule has 0 atom stereocenters. The third-order valence-corrected chi connectivity index (χ3v) is 6.73. The number of hydrogen-bond acceptors (Lipinski definition) is 3. The third-order valence-electron chi connectivity index (χ3n) is 5.84. The first-order valence-corrected chi connectivity index (χ1v) is 12.2. The number of hydrogen-bond donors (Lipinski definition) is 1. The quantitative estimate of drug-likeness (QED) is 0.283. The molecule has 5 aromatic rings. The van der Waals surface area contributed by atoms with Crippen molar-refractivity contribution in [2.45, 2.75) is 12.3 Å². The molecule has 0 saturated carbocycles. The molecule has 0 aliphatic heterocycles. The minimum Gasteiger partial charge on any atom is -0.351 e. The van der Waals surface area contributed by atoms with Crippen molar-refractivity contribution < 1.29 is 4.79 Å². The molecule has 34 heavy (non-hydrogen) atoms. The van der Waals surface area contributed by atoms with Gasteiger partial charge in [-0.25, -0.2) is 4.68 Å². The molecular formula is C29H25N3OS. The van der Waals surface area contributed by atoms with Crippen LogP contribution >= 0.6 is 11.3 Å². The lowest BCUT2D eigenvalue weighted by Crippen LogP contribution is -2.28. The lowest BCUT2D eigenvalue weighted by Gasteiger charge is -2.18. The second-order valence-electron chi connectivity index (χ2n) is 8.06. The van der Waals surface area contributed by atoms with Crippen LogP contribution < -0.4 is 5.32 Å². The number of rotatable bonds is 8. The molecule has 168 valence electrons. The molecule has 1 amide bonds. The highest BCUT2D eigenvalue weighted by Crippen LogP contribution is 2.28. The number of nitrogens with one attached hydrogen (secondary N) is 1. The van der Waals surface area contributed by atoms with Crippen LogP contribution in [0, 0.1) is 0 Å². The zero-order chi connectivity index (χ0) is 23.2. The molecule has 0 aliphatic carbocycles. The molecule has 4 nitrogen and oxygen atoms in total. The Morgan fingerprint density at radius 3 is 2.03 bits per heavy atom. The fourth-order valence-electron chi connectivity index (χ4n) is 4.17. The smallest absolute Gasteiger partial charge is 0.270 e. The average Bonchev–Trinajstić information content (AvgIpc) is 3.59. The molecule has 5 heteroatoms. The molecule has 0 spiro atoms. The van der Waals surface area contributed by atoms with E-state index in [1.807, 2.05) is 66.0 Å². The van der Waals surface area contributed by atoms with Crippen molar-refractivity contribution in [2.75, 3.05) is 6.54 Å². The number of aromatic nitrogens is 2. The van der Waals surface area contributed by atoms with Crippen molar-refractivity contribution in [1.29, 1.82) is 0 Å². The van der Waals surface area contributed by atoms with Crippen molar-refractivity contribution >= 4 is 17.2 Å². The predicted molar refractivity (Wildman–Crippen MR) is 139 cm³/mol. The van der Waals surface area contributed by atoms with Crippen LogP contribution in [0.25, 0.3) is 16.3 Å². The molecule has 3 aromatic carbocycles. The molecule has 5 rings (SSSR count). The number of nitrogens with zero attached hydrogens (tertiary/aromatic N) is 2. The lowest BCUT2D eigenvalue weighted by atomic mass is 9.88. The minimum absolute atomic E-state index is 0.126. The summed E-state index contributed by atoms with van der Waals surface area (Å²) in [5.41, 5.74) is 4.69. The standard InChI is InChI=1S/C29H25N3OS/c33-29(30-19-18-25(22-11-4-1-5-12-22)23-13-6-2-7-14-23)27-21-26(28-17-10-20-34-28)31-32(27)24-15-8-3-9-16-24/h1-17,20-21,25H,18-19H2,(H,30,33). The van der Waals surface area contributed by atoms with Crippen molar-refractivity contribution in [2.24, 2.45) is 0 Å². The van der Waals surface area contributed by atoms with Crippen molar-refractivity contribution in [3.8, 4) is 16.3 Å². The van der Waals surface area contributed by atoms with Gasteiger partial charge in [0.1, 0.15) is 11.4 Å². The van der Waals surface area contributed by atoms with E-state index in [-0.39, 0.29) is 11.8 Å². The molecule has 0 aliphatic rings. The Morgan fingerprint density at radius 1 is 0.824 bits per heavy atom. The van der Waals surface area contributed by atoms with Crippen LogP contribution in [-0.4, -0.2) is 22.2 Å². The van der Waals surface area contributed by atoms with Gasteiger partial charge < -0.3 is 5.32 Å². The number of amides is 1. The van der Waals surface area contributed by atoms with E-state index in [1.165, 1.54) is 11.1 Å². The summed E-state index contributed by atoms with van der Waals surface area (Å²) in [6.45, 7) is 0.557. The summed E-state index contributed by atoms with van der Waals surface area (Å²) in [5.74, 6) is 0.0856. The molecule has 0 radical (unpaired) electrons. The van der Waals surface area contributed by atoms with Crippen LogP contribution in [-0.2, 0) is 0 Å². The van der Waals surface area contributed by atoms with Gasteiger partial charge >= 0.3 is 0 Å². The van der Waals surface area contributed by atoms with Gasteiger partial charge in [0.15, 0.2) is 0 Å². The lowest BCUT2D eigenvalue weighted by molar-refractivity contribution is 0.0945. The predicted octanol–water partition coefficient (Wildman–Crippen LogP) is 6.55. The molecule has 0 saturated heterocycles. The summed E-state index contributed by atoms with van der Waals surface area (Å²) in [7, 11) is 0. The highest BCUT2D eigenvalue weighted by Gasteiger charge is 2.19. The largest absolute Gasteiger partial charge is 0.351 e. The molecule has 0 bridgehead atoms. The summed E-state index contributed by atoms with van der Waals surface area (Å²) in [4.78, 5) is 14.3. The molecule has 1 N–H and O–H groups in total. The molecule has 0 fully saturated rings. The Kier molecular flexibility index (Phi) is 6.64. The summed E-state index contributed by atoms with van der Waals surface area (Å²) >= 11 is 1.61. The van der Waals surface area contributed by atoms with E-state index in [0.29, 0.717) is 12.2 Å². The Morgan fingerprint density at radius 2 is 1.44 bits per heavy atom. The highest BCUT2D eigenvalue weighted by atomic mass is 32.1. The maximum absolute atomic E-state index is 13.3. The first kappa shape index (κ1) is 21.9. The van der Waals surface area contributed by atoms with Gasteiger partial charge in [0.25, 0.3) is 5.91 Å². The second kappa shape index (κ2) is 10.3. The Hall–Kier alpha value is -3.96. The number of benzene rings is 3. The first-order chi connectivity index (χ1) is 16.8. The van der Waals surface area contributed by atoms with Gasteiger partial charge in [-0.15, -0.1) is 11.3 Å². The minimum atomic E-state index is -0.126. The van der Waals surface area contributed by atoms with E-state index in [1.54, 1.807) is 16.0 Å². The van der Waals surface area contributed by atoms with Crippen LogP contribution in [0.5, 0.6) is 0 Å². The van der Waals surface area contributed by atoms with Crippen molar-refractivity contribution in [3.63, 3.8) is 0 Å². The van der Waals surface area contributed by atoms with E-state index in [9.17, 15) is 4.79 Å². The van der Waals surface area contributed by atoms with Gasteiger partial charge in [-0.1, -0.05) is 84.9 Å². The van der Waals surface area contributed by atoms with Crippen molar-refractivity contribution in [3.05, 3.63) is 131 Å². The maximum Gasteiger partial charge on any atom is 0.270 e. The zero-order valence-corrected chi connectivity index (χ0v) is 19.5. The monoisotopic (exact) mass is 463 g/mol. The van der Waals surface area contributed by atoms with Crippen LogP contribution in [0.2, 0.25) is 0 Å². The average molecular weight is 464 g/mol. The van der Waals surface area contributed by atoms with Gasteiger partial charge in [0.05, 0.1) is 10.6 Å². The number of carbonyl (C=O) groups is 1. The van der Waals surface area contributed by atoms with E-state index in [0.717, 1.165) is 22.7 Å². The summed E-state index contributed by atoms with van der Waals surface area (Å²) < 4.78 is 1.73. The third kappa shape index (κ3) is 4.85. The maximum atomic E-state index is 13.3. The van der Waals surface area contributed by atoms with Gasteiger partial charge in [0.2, 0.25) is 0 Å². The summed E-state index contributed by atoms with van der Waals surface area (Å²) in [6, 6.07) is 36.6. The van der Waals surface area contributed by atoms with E-state index in [2.05, 4.69) is 53.8 Å². The fraction of sp³-hybridized carbons (Fsp3) is 0.103. The molecular weight excluding hydrogens is 438 g/mol. The normalized spacial score (nSPS) is 11.0. The Bertz CT molecular complexity index is 1290. The number of para-hydroxylation sites is 1. The van der Waals surface area contributed by atoms with Gasteiger partial charge in [-0.2, -0.15) is 5.10 Å². The Balaban J connectivity index is 1.37. The highest BCUT2D eigenvalue weighted by molar-refractivity contribution is 7.13. The van der Waals surface area contributed by atoms with Crippen LogP contribution in [0.3, 0.4) is 0 Å². The fourth-order valence-corrected chi connectivity index (χ4v) is 4.85. The topological polar surface area (TPSA) is 46.9 Å². The Labute approximate surface area is 203 Å². The molecule has 0 unspecified atom stereocenters. The zero-order valence-electron chi connectivity index (χ0n) is 18.7. The molecule has 2 heterocycles. The van der Waals surface area contributed by atoms with E-state index in [4.69, 9.17) is 5.10 Å². The second-order valence-corrected chi connectivity index (χ2v) is 9.01. The first-order valence-electron chi connectivity index (χ1n) is 11.4. The SMILES string of the molecule is O=C(NCCC(c1ccccc1)c1ccccc1)c1cc(-c2cccs2)nn1-c1ccccc1. The van der Waals surface area contributed by atoms with Crippen LogP contribution in [0.1, 0.15) is 34.0 Å².